The Morgan fingerprint density at radius 1 is 1.50 bits per heavy atom. The molecule has 5 heteroatoms. The van der Waals surface area contributed by atoms with Crippen LogP contribution in [0.2, 0.25) is 0 Å². The predicted octanol–water partition coefficient (Wildman–Crippen LogP) is 2.68. The van der Waals surface area contributed by atoms with Crippen LogP contribution in [0.5, 0.6) is 0 Å². The van der Waals surface area contributed by atoms with Gasteiger partial charge >= 0.3 is 0 Å². The molecule has 1 aromatic rings. The molecular formula is C13H20FNO2S. The monoisotopic (exact) mass is 273 g/mol. The number of ether oxygens (including phenoxy) is 1. The number of hydrogen-bond donors (Lipinski definition) is 2. The Kier molecular flexibility index (Phi) is 7.08. The van der Waals surface area contributed by atoms with Gasteiger partial charge in [-0.3, -0.25) is 0 Å². The molecule has 0 saturated carbocycles. The highest BCUT2D eigenvalue weighted by Gasteiger charge is 2.08. The van der Waals surface area contributed by atoms with E-state index in [9.17, 15) is 9.50 Å². The van der Waals surface area contributed by atoms with E-state index in [4.69, 9.17) is 10.5 Å². The molecule has 0 fully saturated rings. The number of thioether (sulfide) groups is 1. The summed E-state index contributed by atoms with van der Waals surface area (Å²) in [5.74, 6) is 0.0616. The minimum absolute atomic E-state index is 0.295. The van der Waals surface area contributed by atoms with Crippen molar-refractivity contribution < 1.29 is 14.2 Å². The lowest BCUT2D eigenvalue weighted by Crippen LogP contribution is -2.18. The molecule has 0 aliphatic carbocycles. The molecule has 1 atom stereocenters. The second kappa shape index (κ2) is 8.34. The van der Waals surface area contributed by atoms with Gasteiger partial charge in [0, 0.05) is 22.9 Å². The molecule has 0 amide bonds. The van der Waals surface area contributed by atoms with E-state index in [1.807, 2.05) is 0 Å². The van der Waals surface area contributed by atoms with Crippen molar-refractivity contribution in [2.75, 3.05) is 24.7 Å². The lowest BCUT2D eigenvalue weighted by molar-refractivity contribution is 0.0473. The summed E-state index contributed by atoms with van der Waals surface area (Å²) in [4.78, 5) is 0.497. The summed E-state index contributed by atoms with van der Waals surface area (Å²) in [6, 6.07) is 4.56. The van der Waals surface area contributed by atoms with Crippen LogP contribution in [0.15, 0.2) is 23.1 Å². The van der Waals surface area contributed by atoms with E-state index in [0.717, 1.165) is 12.8 Å². The highest BCUT2D eigenvalue weighted by molar-refractivity contribution is 7.99. The van der Waals surface area contributed by atoms with Gasteiger partial charge in [-0.15, -0.1) is 11.8 Å². The summed E-state index contributed by atoms with van der Waals surface area (Å²) in [5, 5.41) is 9.66. The van der Waals surface area contributed by atoms with Crippen LogP contribution in [0.1, 0.15) is 19.8 Å². The molecule has 0 saturated heterocycles. The van der Waals surface area contributed by atoms with Gasteiger partial charge in [-0.25, -0.2) is 4.39 Å². The zero-order chi connectivity index (χ0) is 13.4. The largest absolute Gasteiger partial charge is 0.399 e. The van der Waals surface area contributed by atoms with Crippen molar-refractivity contribution in [2.45, 2.75) is 30.8 Å². The van der Waals surface area contributed by atoms with Gasteiger partial charge < -0.3 is 15.6 Å². The van der Waals surface area contributed by atoms with Crippen LogP contribution in [0.4, 0.5) is 10.1 Å². The van der Waals surface area contributed by atoms with Crippen LogP contribution in [-0.4, -0.2) is 30.2 Å². The Labute approximate surface area is 112 Å². The van der Waals surface area contributed by atoms with Crippen molar-refractivity contribution in [3.05, 3.63) is 24.0 Å². The minimum atomic E-state index is -0.580. The molecule has 0 aromatic heterocycles. The molecular weight excluding hydrogens is 253 g/mol. The fourth-order valence-corrected chi connectivity index (χ4v) is 2.16. The number of rotatable bonds is 8. The normalized spacial score (nSPS) is 12.6. The van der Waals surface area contributed by atoms with Gasteiger partial charge in [-0.05, 0) is 24.6 Å². The zero-order valence-corrected chi connectivity index (χ0v) is 11.4. The summed E-state index contributed by atoms with van der Waals surface area (Å²) < 4.78 is 18.7. The van der Waals surface area contributed by atoms with Crippen molar-refractivity contribution in [3.8, 4) is 0 Å². The molecule has 1 rings (SSSR count). The zero-order valence-electron chi connectivity index (χ0n) is 10.6. The molecule has 3 nitrogen and oxygen atoms in total. The van der Waals surface area contributed by atoms with Crippen molar-refractivity contribution in [1.29, 1.82) is 0 Å². The molecule has 3 N–H and O–H groups in total. The third kappa shape index (κ3) is 5.71. The first kappa shape index (κ1) is 15.3. The Bertz CT molecular complexity index is 363. The Morgan fingerprint density at radius 2 is 2.28 bits per heavy atom. The summed E-state index contributed by atoms with van der Waals surface area (Å²) in [7, 11) is 0. The molecule has 0 heterocycles. The molecule has 0 bridgehead atoms. The quantitative estimate of drug-likeness (QED) is 0.434. The third-order valence-corrected chi connectivity index (χ3v) is 3.53. The lowest BCUT2D eigenvalue weighted by Gasteiger charge is -2.11. The van der Waals surface area contributed by atoms with Crippen LogP contribution >= 0.6 is 11.8 Å². The molecule has 0 aliphatic rings. The Hall–Kier alpha value is -0.780. The van der Waals surface area contributed by atoms with Crippen molar-refractivity contribution >= 4 is 17.4 Å². The second-order valence-electron chi connectivity index (χ2n) is 4.08. The highest BCUT2D eigenvalue weighted by Crippen LogP contribution is 2.24. The first-order valence-corrected chi connectivity index (χ1v) is 7.05. The van der Waals surface area contributed by atoms with Gasteiger partial charge in [-0.1, -0.05) is 13.3 Å². The van der Waals surface area contributed by atoms with Crippen LogP contribution in [0, 0.1) is 5.82 Å². The number of halogens is 1. The summed E-state index contributed by atoms with van der Waals surface area (Å²) in [6.45, 7) is 3.04. The highest BCUT2D eigenvalue weighted by atomic mass is 32.2. The fourth-order valence-electron chi connectivity index (χ4n) is 1.33. The van der Waals surface area contributed by atoms with Crippen LogP contribution in [-0.2, 0) is 4.74 Å². The van der Waals surface area contributed by atoms with E-state index in [-0.39, 0.29) is 5.82 Å². The van der Waals surface area contributed by atoms with E-state index < -0.39 is 6.10 Å². The van der Waals surface area contributed by atoms with Crippen LogP contribution in [0.25, 0.3) is 0 Å². The number of hydrogen-bond acceptors (Lipinski definition) is 4. The van der Waals surface area contributed by atoms with Gasteiger partial charge in [0.15, 0.2) is 0 Å². The first-order valence-electron chi connectivity index (χ1n) is 6.07. The molecule has 0 aliphatic heterocycles. The van der Waals surface area contributed by atoms with E-state index in [1.54, 1.807) is 12.1 Å². The third-order valence-electron chi connectivity index (χ3n) is 2.34. The van der Waals surface area contributed by atoms with E-state index in [2.05, 4.69) is 6.92 Å². The fraction of sp³-hybridized carbons (Fsp3) is 0.538. The second-order valence-corrected chi connectivity index (χ2v) is 5.14. The van der Waals surface area contributed by atoms with Gasteiger partial charge in [0.05, 0.1) is 12.7 Å². The number of anilines is 1. The first-order chi connectivity index (χ1) is 8.63. The van der Waals surface area contributed by atoms with E-state index >= 15 is 0 Å². The number of aliphatic hydroxyl groups is 1. The molecule has 0 spiro atoms. The van der Waals surface area contributed by atoms with Crippen LogP contribution < -0.4 is 5.73 Å². The maximum Gasteiger partial charge on any atom is 0.138 e. The van der Waals surface area contributed by atoms with E-state index in [1.165, 1.54) is 17.8 Å². The maximum absolute atomic E-state index is 13.4. The molecule has 102 valence electrons. The SMILES string of the molecule is CCCCOCC(O)CSc1ccc(N)cc1F. The van der Waals surface area contributed by atoms with Gasteiger partial charge in [-0.2, -0.15) is 0 Å². The van der Waals surface area contributed by atoms with Crippen molar-refractivity contribution in [3.63, 3.8) is 0 Å². The van der Waals surface area contributed by atoms with Gasteiger partial charge in [0.25, 0.3) is 0 Å². The molecule has 1 aromatic carbocycles. The predicted molar refractivity (Wildman–Crippen MR) is 73.3 cm³/mol. The summed E-state index contributed by atoms with van der Waals surface area (Å²) in [6.07, 6.45) is 1.48. The average Bonchev–Trinajstić information content (AvgIpc) is 2.33. The summed E-state index contributed by atoms with van der Waals surface area (Å²) >= 11 is 1.27. The lowest BCUT2D eigenvalue weighted by atomic mass is 10.3. The Balaban J connectivity index is 2.27. The van der Waals surface area contributed by atoms with Crippen molar-refractivity contribution in [2.24, 2.45) is 0 Å². The molecule has 18 heavy (non-hydrogen) atoms. The maximum atomic E-state index is 13.4. The number of aliphatic hydroxyl groups excluding tert-OH is 1. The smallest absolute Gasteiger partial charge is 0.138 e. The Morgan fingerprint density at radius 3 is 2.94 bits per heavy atom. The standard InChI is InChI=1S/C13H20FNO2S/c1-2-3-6-17-8-11(16)9-18-13-5-4-10(15)7-12(13)14/h4-5,7,11,16H,2-3,6,8-9,15H2,1H3. The van der Waals surface area contributed by atoms with Gasteiger partial charge in [0.2, 0.25) is 0 Å². The van der Waals surface area contributed by atoms with Crippen molar-refractivity contribution in [1.82, 2.24) is 0 Å². The number of nitrogen functional groups attached to an aromatic ring is 1. The number of benzene rings is 1. The summed E-state index contributed by atoms with van der Waals surface area (Å²) in [5.41, 5.74) is 5.86. The van der Waals surface area contributed by atoms with Crippen LogP contribution in [0.3, 0.4) is 0 Å². The minimum Gasteiger partial charge on any atom is -0.399 e. The number of unbranched alkanes of at least 4 members (excludes halogenated alkanes) is 1. The van der Waals surface area contributed by atoms with E-state index in [0.29, 0.717) is 29.5 Å². The molecule has 0 radical (unpaired) electrons. The van der Waals surface area contributed by atoms with Gasteiger partial charge in [0.1, 0.15) is 5.82 Å². The number of nitrogens with two attached hydrogens (primary N) is 1. The molecule has 1 unspecified atom stereocenters. The topological polar surface area (TPSA) is 55.5 Å². The average molecular weight is 273 g/mol.